The third-order valence-corrected chi connectivity index (χ3v) is 3.47. The van der Waals surface area contributed by atoms with Crippen LogP contribution in [0.15, 0.2) is 46.6 Å². The van der Waals surface area contributed by atoms with E-state index < -0.39 is 0 Å². The van der Waals surface area contributed by atoms with Gasteiger partial charge in [0.05, 0.1) is 0 Å². The molecule has 0 heterocycles. The molecule has 0 nitrogen and oxygen atoms in total. The highest BCUT2D eigenvalue weighted by molar-refractivity contribution is 5.69. The molecule has 0 N–H and O–H groups in total. The molecule has 2 aliphatic rings. The molecule has 0 saturated carbocycles. The molecule has 0 unspecified atom stereocenters. The SMILES string of the molecule is C=C1CC(CCCC)=C2C(=C)CC(C)=C12. The van der Waals surface area contributed by atoms with Crippen LogP contribution < -0.4 is 0 Å². The molecule has 0 bridgehead atoms. The van der Waals surface area contributed by atoms with Crippen LogP contribution in [0.25, 0.3) is 0 Å². The normalized spacial score (nSPS) is 20.7. The number of hydrogen-bond donors (Lipinski definition) is 0. The number of rotatable bonds is 3. The van der Waals surface area contributed by atoms with E-state index in [4.69, 9.17) is 0 Å². The Bertz CT molecular complexity index is 388. The second-order valence-electron chi connectivity index (χ2n) is 4.80. The summed E-state index contributed by atoms with van der Waals surface area (Å²) in [7, 11) is 0. The van der Waals surface area contributed by atoms with Gasteiger partial charge in [-0.2, -0.15) is 0 Å². The molecule has 0 radical (unpaired) electrons. The summed E-state index contributed by atoms with van der Waals surface area (Å²) < 4.78 is 0. The van der Waals surface area contributed by atoms with Crippen LogP contribution in [0.5, 0.6) is 0 Å². The second-order valence-corrected chi connectivity index (χ2v) is 4.80. The van der Waals surface area contributed by atoms with Gasteiger partial charge in [0.1, 0.15) is 0 Å². The summed E-state index contributed by atoms with van der Waals surface area (Å²) in [5.74, 6) is 0. The molecule has 0 aromatic rings. The summed E-state index contributed by atoms with van der Waals surface area (Å²) in [6, 6.07) is 0. The fourth-order valence-electron chi connectivity index (χ4n) is 2.83. The number of fused-ring (bicyclic) bond motifs is 1. The molecular weight excluding hydrogens is 180 g/mol. The summed E-state index contributed by atoms with van der Waals surface area (Å²) in [6.45, 7) is 12.9. The van der Waals surface area contributed by atoms with Crippen molar-refractivity contribution >= 4 is 0 Å². The lowest BCUT2D eigenvalue weighted by atomic mass is 10.0. The molecule has 0 aromatic carbocycles. The highest BCUT2D eigenvalue weighted by Crippen LogP contribution is 2.48. The number of allylic oxidation sites excluding steroid dienone is 6. The van der Waals surface area contributed by atoms with Gasteiger partial charge in [0.2, 0.25) is 0 Å². The minimum atomic E-state index is 1.07. The van der Waals surface area contributed by atoms with Crippen LogP contribution in [-0.4, -0.2) is 0 Å². The first-order chi connectivity index (χ1) is 7.15. The van der Waals surface area contributed by atoms with Crippen LogP contribution in [0.2, 0.25) is 0 Å². The Balaban J connectivity index is 2.35. The average Bonchev–Trinajstić information content (AvgIpc) is 2.65. The van der Waals surface area contributed by atoms with Gasteiger partial charge in [-0.25, -0.2) is 0 Å². The van der Waals surface area contributed by atoms with Gasteiger partial charge in [0, 0.05) is 0 Å². The predicted octanol–water partition coefficient (Wildman–Crippen LogP) is 4.71. The topological polar surface area (TPSA) is 0 Å². The number of unbranched alkanes of at least 4 members (excludes halogenated alkanes) is 1. The fourth-order valence-corrected chi connectivity index (χ4v) is 2.83. The number of hydrogen-bond acceptors (Lipinski definition) is 0. The van der Waals surface area contributed by atoms with E-state index in [-0.39, 0.29) is 0 Å². The van der Waals surface area contributed by atoms with Crippen molar-refractivity contribution in [2.75, 3.05) is 0 Å². The molecule has 0 aromatic heterocycles. The maximum absolute atomic E-state index is 4.20. The van der Waals surface area contributed by atoms with Gasteiger partial charge >= 0.3 is 0 Å². The highest BCUT2D eigenvalue weighted by Gasteiger charge is 2.30. The molecule has 0 amide bonds. The van der Waals surface area contributed by atoms with Gasteiger partial charge in [-0.05, 0) is 54.9 Å². The highest BCUT2D eigenvalue weighted by atomic mass is 14.3. The lowest BCUT2D eigenvalue weighted by Gasteiger charge is -2.04. The van der Waals surface area contributed by atoms with Crippen molar-refractivity contribution in [1.82, 2.24) is 0 Å². The van der Waals surface area contributed by atoms with Crippen molar-refractivity contribution in [2.24, 2.45) is 0 Å². The zero-order chi connectivity index (χ0) is 11.0. The third kappa shape index (κ3) is 1.62. The Hall–Kier alpha value is -1.04. The van der Waals surface area contributed by atoms with Gasteiger partial charge in [-0.1, -0.05) is 37.6 Å². The lowest BCUT2D eigenvalue weighted by molar-refractivity contribution is 0.774. The predicted molar refractivity (Wildman–Crippen MR) is 66.8 cm³/mol. The molecule has 0 fully saturated rings. The maximum Gasteiger partial charge on any atom is -0.00575 e. The van der Waals surface area contributed by atoms with Crippen LogP contribution in [0.3, 0.4) is 0 Å². The van der Waals surface area contributed by atoms with E-state index in [0.717, 1.165) is 12.8 Å². The van der Waals surface area contributed by atoms with E-state index >= 15 is 0 Å². The minimum absolute atomic E-state index is 1.07. The Morgan fingerprint density at radius 3 is 2.40 bits per heavy atom. The van der Waals surface area contributed by atoms with Gasteiger partial charge in [-0.15, -0.1) is 0 Å². The first-order valence-electron chi connectivity index (χ1n) is 5.93. The molecule has 2 rings (SSSR count). The monoisotopic (exact) mass is 200 g/mol. The fraction of sp³-hybridized carbons (Fsp3) is 0.467. The molecule has 0 heteroatoms. The largest absolute Gasteiger partial charge is 0.0949 e. The molecular formula is C15H20. The quantitative estimate of drug-likeness (QED) is 0.619. The van der Waals surface area contributed by atoms with Crippen LogP contribution in [-0.2, 0) is 0 Å². The maximum atomic E-state index is 4.20. The van der Waals surface area contributed by atoms with Gasteiger partial charge in [-0.3, -0.25) is 0 Å². The summed E-state index contributed by atoms with van der Waals surface area (Å²) in [4.78, 5) is 0. The molecule has 80 valence electrons. The van der Waals surface area contributed by atoms with Crippen molar-refractivity contribution in [3.05, 3.63) is 46.6 Å². The molecule has 0 spiro atoms. The summed E-state index contributed by atoms with van der Waals surface area (Å²) in [5, 5.41) is 0. The van der Waals surface area contributed by atoms with Gasteiger partial charge in [0.15, 0.2) is 0 Å². The molecule has 15 heavy (non-hydrogen) atoms. The van der Waals surface area contributed by atoms with Gasteiger partial charge < -0.3 is 0 Å². The van der Waals surface area contributed by atoms with E-state index in [2.05, 4.69) is 27.0 Å². The van der Waals surface area contributed by atoms with Crippen molar-refractivity contribution in [1.29, 1.82) is 0 Å². The zero-order valence-electron chi connectivity index (χ0n) is 9.95. The van der Waals surface area contributed by atoms with Crippen LogP contribution in [0, 0.1) is 0 Å². The van der Waals surface area contributed by atoms with E-state index in [9.17, 15) is 0 Å². The Morgan fingerprint density at radius 2 is 1.73 bits per heavy atom. The van der Waals surface area contributed by atoms with Crippen LogP contribution in [0.4, 0.5) is 0 Å². The molecule has 2 aliphatic carbocycles. The lowest BCUT2D eigenvalue weighted by Crippen LogP contribution is -1.85. The van der Waals surface area contributed by atoms with Crippen LogP contribution >= 0.6 is 0 Å². The van der Waals surface area contributed by atoms with Crippen LogP contribution in [0.1, 0.15) is 46.0 Å². The Kier molecular flexibility index (Phi) is 2.68. The zero-order valence-corrected chi connectivity index (χ0v) is 9.95. The molecule has 0 atom stereocenters. The van der Waals surface area contributed by atoms with E-state index in [1.165, 1.54) is 47.1 Å². The molecule has 0 aliphatic heterocycles. The smallest absolute Gasteiger partial charge is 0.00575 e. The average molecular weight is 200 g/mol. The molecule has 0 saturated heterocycles. The Morgan fingerprint density at radius 1 is 1.07 bits per heavy atom. The van der Waals surface area contributed by atoms with Crippen molar-refractivity contribution in [3.63, 3.8) is 0 Å². The van der Waals surface area contributed by atoms with Crippen molar-refractivity contribution in [3.8, 4) is 0 Å². The summed E-state index contributed by atoms with van der Waals surface area (Å²) in [6.07, 6.45) is 5.97. The Labute approximate surface area is 93.1 Å². The first kappa shape index (κ1) is 10.5. The van der Waals surface area contributed by atoms with E-state index in [1.807, 2.05) is 0 Å². The summed E-state index contributed by atoms with van der Waals surface area (Å²) in [5.41, 5.74) is 8.65. The summed E-state index contributed by atoms with van der Waals surface area (Å²) >= 11 is 0. The van der Waals surface area contributed by atoms with Crippen molar-refractivity contribution < 1.29 is 0 Å². The third-order valence-electron chi connectivity index (χ3n) is 3.47. The first-order valence-corrected chi connectivity index (χ1v) is 5.93. The van der Waals surface area contributed by atoms with Crippen molar-refractivity contribution in [2.45, 2.75) is 46.0 Å². The van der Waals surface area contributed by atoms with E-state index in [0.29, 0.717) is 0 Å². The van der Waals surface area contributed by atoms with Gasteiger partial charge in [0.25, 0.3) is 0 Å². The minimum Gasteiger partial charge on any atom is -0.0949 e. The second kappa shape index (κ2) is 3.84. The standard InChI is InChI=1S/C15H20/c1-5-6-7-13-9-12(4)14-10(2)8-11(3)15(13)14/h3-9H2,1-2H3. The van der Waals surface area contributed by atoms with E-state index in [1.54, 1.807) is 5.57 Å².